The van der Waals surface area contributed by atoms with E-state index in [9.17, 15) is 20.4 Å². The molecule has 0 bridgehead atoms. The van der Waals surface area contributed by atoms with Crippen LogP contribution in [-0.4, -0.2) is 164 Å². The van der Waals surface area contributed by atoms with Gasteiger partial charge >= 0.3 is 0 Å². The van der Waals surface area contributed by atoms with Gasteiger partial charge in [-0.3, -0.25) is 9.80 Å². The fourth-order valence-corrected chi connectivity index (χ4v) is 10.2. The van der Waals surface area contributed by atoms with Gasteiger partial charge in [0.15, 0.2) is 23.1 Å². The van der Waals surface area contributed by atoms with Gasteiger partial charge < -0.3 is 58.3 Å². The molecular weight excluding hydrogens is 724 g/mol. The van der Waals surface area contributed by atoms with Crippen LogP contribution in [0, 0.1) is 0 Å². The van der Waals surface area contributed by atoms with Gasteiger partial charge in [0, 0.05) is 0 Å². The SMILES string of the molecule is CC1(C)O[C@H]2[C@H](O)[C@@H](N(CCCCCCN([C@H]3C=C[C@H]4OC(C)(C)O[C@H]4[C@@H]3O)[C@H]3C=C[C@H]4OC(C)(C)O[C@H]4[C@@H]3O)[C@H]3C=C[C@H]4OC(C)(C)O[C@H]4[C@@H]3O)C=C[C@H]2O1. The number of unbranched alkanes of at least 4 members (excludes halogenated alkanes) is 3. The van der Waals surface area contributed by atoms with Gasteiger partial charge in [-0.05, 0) is 81.3 Å². The zero-order chi connectivity index (χ0) is 39.9. The Hall–Kier alpha value is -1.60. The largest absolute Gasteiger partial charge is 0.388 e. The fraction of sp³-hybridized carbons (Fsp3) is 0.810. The molecule has 0 unspecified atom stereocenters. The quantitative estimate of drug-likeness (QED) is 0.179. The lowest BCUT2D eigenvalue weighted by Gasteiger charge is -2.45. The number of fused-ring (bicyclic) bond motifs is 4. The van der Waals surface area contributed by atoms with Crippen molar-refractivity contribution in [2.75, 3.05) is 13.1 Å². The monoisotopic (exact) mass is 788 g/mol. The Morgan fingerprint density at radius 3 is 0.821 bits per heavy atom. The van der Waals surface area contributed by atoms with Crippen LogP contribution in [0.15, 0.2) is 48.6 Å². The van der Waals surface area contributed by atoms with Crippen molar-refractivity contribution in [1.29, 1.82) is 0 Å². The van der Waals surface area contributed by atoms with Crippen molar-refractivity contribution in [1.82, 2.24) is 9.80 Å². The van der Waals surface area contributed by atoms with Crippen molar-refractivity contribution in [2.45, 2.75) is 202 Å². The van der Waals surface area contributed by atoms with Crippen LogP contribution in [0.4, 0.5) is 0 Å². The maximum absolute atomic E-state index is 11.7. The summed E-state index contributed by atoms with van der Waals surface area (Å²) >= 11 is 0. The first-order valence-corrected chi connectivity index (χ1v) is 20.7. The van der Waals surface area contributed by atoms with Gasteiger partial charge in [0.2, 0.25) is 0 Å². The molecule has 0 spiro atoms. The van der Waals surface area contributed by atoms with E-state index in [2.05, 4.69) is 9.80 Å². The maximum atomic E-state index is 11.7. The Balaban J connectivity index is 0.949. The highest BCUT2D eigenvalue weighted by molar-refractivity contribution is 5.22. The lowest BCUT2D eigenvalue weighted by molar-refractivity contribution is -0.162. The number of rotatable bonds is 11. The van der Waals surface area contributed by atoms with E-state index in [-0.39, 0.29) is 24.4 Å². The average molecular weight is 789 g/mol. The number of nitrogens with zero attached hydrogens (tertiary/aromatic N) is 2. The van der Waals surface area contributed by atoms with Crippen molar-refractivity contribution in [3.8, 4) is 0 Å². The molecule has 16 atom stereocenters. The van der Waals surface area contributed by atoms with Gasteiger partial charge in [0.25, 0.3) is 0 Å². The van der Waals surface area contributed by atoms with Gasteiger partial charge in [0.1, 0.15) is 73.2 Å². The lowest BCUT2D eigenvalue weighted by atomic mass is 9.87. The fourth-order valence-electron chi connectivity index (χ4n) is 10.2. The van der Waals surface area contributed by atoms with E-state index >= 15 is 0 Å². The van der Waals surface area contributed by atoms with Crippen LogP contribution >= 0.6 is 0 Å². The average Bonchev–Trinajstić information content (AvgIpc) is 3.82. The maximum Gasteiger partial charge on any atom is 0.164 e. The number of aliphatic hydroxyl groups excluding tert-OH is 4. The molecule has 4 N–H and O–H groups in total. The third-order valence-corrected chi connectivity index (χ3v) is 12.5. The van der Waals surface area contributed by atoms with Crippen molar-refractivity contribution in [3.63, 3.8) is 0 Å². The van der Waals surface area contributed by atoms with Gasteiger partial charge in [-0.25, -0.2) is 0 Å². The van der Waals surface area contributed by atoms with Crippen LogP contribution in [-0.2, 0) is 37.9 Å². The Morgan fingerprint density at radius 1 is 0.357 bits per heavy atom. The number of hydrogen-bond donors (Lipinski definition) is 4. The minimum absolute atomic E-state index is 0.352. The second-order valence-corrected chi connectivity index (χ2v) is 18.6. The van der Waals surface area contributed by atoms with Crippen molar-refractivity contribution >= 4 is 0 Å². The molecule has 4 saturated heterocycles. The molecule has 4 fully saturated rings. The Morgan fingerprint density at radius 2 is 0.589 bits per heavy atom. The summed E-state index contributed by atoms with van der Waals surface area (Å²) in [6.45, 7) is 16.0. The molecule has 0 radical (unpaired) electrons. The van der Waals surface area contributed by atoms with Crippen LogP contribution in [0.1, 0.15) is 81.1 Å². The zero-order valence-electron chi connectivity index (χ0n) is 34.0. The van der Waals surface area contributed by atoms with E-state index < -0.39 is 96.1 Å². The van der Waals surface area contributed by atoms with Crippen molar-refractivity contribution in [3.05, 3.63) is 48.6 Å². The van der Waals surface area contributed by atoms with Crippen LogP contribution in [0.5, 0.6) is 0 Å². The van der Waals surface area contributed by atoms with E-state index in [1.54, 1.807) is 0 Å². The van der Waals surface area contributed by atoms with E-state index in [1.807, 2.05) is 104 Å². The first kappa shape index (κ1) is 41.1. The van der Waals surface area contributed by atoms with Gasteiger partial charge in [-0.2, -0.15) is 0 Å². The van der Waals surface area contributed by atoms with Gasteiger partial charge in [0.05, 0.1) is 24.2 Å². The van der Waals surface area contributed by atoms with Crippen LogP contribution < -0.4 is 0 Å². The summed E-state index contributed by atoms with van der Waals surface area (Å²) in [6, 6.07) is -1.70. The van der Waals surface area contributed by atoms with Gasteiger partial charge in [-0.15, -0.1) is 0 Å². The van der Waals surface area contributed by atoms with Crippen molar-refractivity contribution < 1.29 is 58.3 Å². The molecule has 0 saturated carbocycles. The molecule has 314 valence electrons. The molecule has 0 amide bonds. The van der Waals surface area contributed by atoms with Crippen LogP contribution in [0.25, 0.3) is 0 Å². The Bertz CT molecular complexity index is 1330. The van der Waals surface area contributed by atoms with E-state index in [4.69, 9.17) is 37.9 Å². The first-order valence-electron chi connectivity index (χ1n) is 20.7. The molecule has 8 rings (SSSR count). The first-order chi connectivity index (χ1) is 26.3. The van der Waals surface area contributed by atoms with Crippen molar-refractivity contribution in [2.24, 2.45) is 0 Å². The minimum Gasteiger partial charge on any atom is -0.388 e. The highest BCUT2D eigenvalue weighted by Crippen LogP contribution is 2.41. The van der Waals surface area contributed by atoms with Crippen LogP contribution in [0.3, 0.4) is 0 Å². The van der Waals surface area contributed by atoms with E-state index in [1.165, 1.54) is 0 Å². The summed E-state index contributed by atoms with van der Waals surface area (Å²) in [5.41, 5.74) is 0. The zero-order valence-corrected chi connectivity index (χ0v) is 34.0. The predicted molar refractivity (Wildman–Crippen MR) is 203 cm³/mol. The molecule has 0 aromatic carbocycles. The molecule has 14 nitrogen and oxygen atoms in total. The highest BCUT2D eigenvalue weighted by Gasteiger charge is 2.55. The summed E-state index contributed by atoms with van der Waals surface area (Å²) in [6.07, 6.45) is 12.1. The third kappa shape index (κ3) is 8.02. The molecular formula is C42H64N2O12. The summed E-state index contributed by atoms with van der Waals surface area (Å²) in [5, 5.41) is 47.0. The molecule has 56 heavy (non-hydrogen) atoms. The standard InChI is InChI=1S/C42H64N2O12/c1-39(2)49-27-17-13-23(31(45)35(27)53-39)43(24-14-18-28-36(32(24)46)54-40(3,4)50-28)21-11-9-10-12-22-44(25-15-19-29-37(33(25)47)55-41(5,6)51-29)26-16-20-30-38(34(26)48)56-42(7,8)52-30/h13-20,23-38,45-48H,9-12,21-22H2,1-8H3/t23-,24-,25-,26-,27+,28+,29+,30+,31+,32+,33+,34+,35+,36+,37+,38+/m0/s1. The highest BCUT2D eigenvalue weighted by atomic mass is 16.8. The van der Waals surface area contributed by atoms with Crippen LogP contribution in [0.2, 0.25) is 0 Å². The molecule has 0 aromatic heterocycles. The molecule has 14 heteroatoms. The summed E-state index contributed by atoms with van der Waals surface area (Å²) in [7, 11) is 0. The van der Waals surface area contributed by atoms with E-state index in [0.29, 0.717) is 13.1 Å². The normalized spacial score (nSPS) is 46.3. The third-order valence-electron chi connectivity index (χ3n) is 12.5. The summed E-state index contributed by atoms with van der Waals surface area (Å²) < 4.78 is 48.8. The minimum atomic E-state index is -0.875. The summed E-state index contributed by atoms with van der Waals surface area (Å²) in [4.78, 5) is 4.33. The lowest BCUT2D eigenvalue weighted by Crippen LogP contribution is -2.61. The molecule has 4 aliphatic heterocycles. The molecule has 4 aliphatic carbocycles. The second kappa shape index (κ2) is 15.1. The second-order valence-electron chi connectivity index (χ2n) is 18.6. The number of aliphatic hydroxyl groups is 4. The predicted octanol–water partition coefficient (Wildman–Crippen LogP) is 2.43. The number of hydrogen-bond acceptors (Lipinski definition) is 14. The topological polar surface area (TPSA) is 161 Å². The Kier molecular flexibility index (Phi) is 11.1. The Labute approximate surface area is 331 Å². The smallest absolute Gasteiger partial charge is 0.164 e. The van der Waals surface area contributed by atoms with Gasteiger partial charge in [-0.1, -0.05) is 61.4 Å². The van der Waals surface area contributed by atoms with E-state index in [0.717, 1.165) is 25.7 Å². The number of ether oxygens (including phenoxy) is 8. The molecule has 0 aromatic rings. The molecule has 8 aliphatic rings. The summed E-state index contributed by atoms with van der Waals surface area (Å²) in [5.74, 6) is -3.26. The molecule has 4 heterocycles.